The van der Waals surface area contributed by atoms with E-state index in [0.29, 0.717) is 28.7 Å². The van der Waals surface area contributed by atoms with E-state index in [1.807, 2.05) is 6.07 Å². The van der Waals surface area contributed by atoms with Crippen LogP contribution < -0.4 is 4.94 Å². The van der Waals surface area contributed by atoms with Gasteiger partial charge in [-0.1, -0.05) is 54.6 Å². The minimum Gasteiger partial charge on any atom is -0.508 e. The molecule has 0 radical (unpaired) electrons. The fourth-order valence-corrected chi connectivity index (χ4v) is 3.89. The summed E-state index contributed by atoms with van der Waals surface area (Å²) < 4.78 is 13.1. The first kappa shape index (κ1) is 25.3. The number of hydrogen-bond donors (Lipinski definition) is 3. The number of rotatable bonds is 10. The van der Waals surface area contributed by atoms with Gasteiger partial charge in [0.25, 0.3) is 0 Å². The van der Waals surface area contributed by atoms with Crippen LogP contribution in [0.3, 0.4) is 0 Å². The van der Waals surface area contributed by atoms with Gasteiger partial charge in [-0.05, 0) is 42.0 Å². The van der Waals surface area contributed by atoms with Gasteiger partial charge in [0.2, 0.25) is 0 Å². The SMILES string of the molecule is Oc1ccccc1/C=N/C(Cc1ccccc1O)C(Cc1cc#ccc1O)/N=C/c1ccccc1OF. The van der Waals surface area contributed by atoms with E-state index in [9.17, 15) is 19.8 Å². The zero-order valence-corrected chi connectivity index (χ0v) is 19.8. The molecule has 186 valence electrons. The predicted octanol–water partition coefficient (Wildman–Crippen LogP) is 5.43. The van der Waals surface area contributed by atoms with E-state index < -0.39 is 12.1 Å². The Hall–Kier alpha value is -4.83. The van der Waals surface area contributed by atoms with Crippen LogP contribution in [0.4, 0.5) is 4.53 Å². The van der Waals surface area contributed by atoms with Crippen LogP contribution in [-0.4, -0.2) is 39.8 Å². The van der Waals surface area contributed by atoms with Crippen molar-refractivity contribution in [3.05, 3.63) is 119 Å². The zero-order valence-electron chi connectivity index (χ0n) is 19.8. The van der Waals surface area contributed by atoms with Gasteiger partial charge in [0.05, 0.1) is 12.1 Å². The quantitative estimate of drug-likeness (QED) is 0.255. The van der Waals surface area contributed by atoms with Gasteiger partial charge in [-0.15, -0.1) is 0 Å². The number of phenols is 2. The third-order valence-corrected chi connectivity index (χ3v) is 5.91. The summed E-state index contributed by atoms with van der Waals surface area (Å²) in [5.41, 5.74) is 2.19. The molecule has 4 aromatic carbocycles. The lowest BCUT2D eigenvalue weighted by atomic mass is 9.94. The second-order valence-electron chi connectivity index (χ2n) is 8.39. The normalized spacial score (nSPS) is 12.9. The molecular formula is C30H25FN2O4. The molecule has 0 saturated heterocycles. The first-order valence-corrected chi connectivity index (χ1v) is 11.6. The Kier molecular flexibility index (Phi) is 8.35. The number of benzene rings is 3. The molecule has 0 bridgehead atoms. The molecule has 2 unspecified atom stereocenters. The molecule has 0 aliphatic heterocycles. The second kappa shape index (κ2) is 12.2. The monoisotopic (exact) mass is 496 g/mol. The molecule has 4 aromatic rings. The molecule has 0 heterocycles. The highest BCUT2D eigenvalue weighted by molar-refractivity contribution is 5.84. The van der Waals surface area contributed by atoms with Crippen molar-refractivity contribution in [1.29, 1.82) is 0 Å². The van der Waals surface area contributed by atoms with Crippen molar-refractivity contribution >= 4 is 12.4 Å². The average Bonchev–Trinajstić information content (AvgIpc) is 2.92. The van der Waals surface area contributed by atoms with Gasteiger partial charge in [-0.3, -0.25) is 14.9 Å². The molecular weight excluding hydrogens is 471 g/mol. The van der Waals surface area contributed by atoms with Crippen molar-refractivity contribution in [3.8, 4) is 23.0 Å². The van der Waals surface area contributed by atoms with Crippen molar-refractivity contribution in [1.82, 2.24) is 0 Å². The first-order valence-electron chi connectivity index (χ1n) is 11.6. The maximum absolute atomic E-state index is 13.1. The van der Waals surface area contributed by atoms with Gasteiger partial charge in [-0.2, -0.15) is 0 Å². The highest BCUT2D eigenvalue weighted by Gasteiger charge is 2.23. The Morgan fingerprint density at radius 2 is 1.24 bits per heavy atom. The van der Waals surface area contributed by atoms with Gasteiger partial charge in [0.1, 0.15) is 17.2 Å². The minimum absolute atomic E-state index is 0.0189. The topological polar surface area (TPSA) is 94.6 Å². The maximum Gasteiger partial charge on any atom is 0.180 e. The molecule has 6 nitrogen and oxygen atoms in total. The number of aromatic hydroxyl groups is 3. The Morgan fingerprint density at radius 3 is 1.92 bits per heavy atom. The average molecular weight is 497 g/mol. The molecule has 0 saturated carbocycles. The van der Waals surface area contributed by atoms with E-state index in [1.165, 1.54) is 18.3 Å². The van der Waals surface area contributed by atoms with Crippen molar-refractivity contribution in [2.45, 2.75) is 24.9 Å². The van der Waals surface area contributed by atoms with Gasteiger partial charge >= 0.3 is 0 Å². The van der Waals surface area contributed by atoms with Crippen LogP contribution in [0.2, 0.25) is 0 Å². The van der Waals surface area contributed by atoms with Crippen LogP contribution >= 0.6 is 0 Å². The van der Waals surface area contributed by atoms with E-state index in [1.54, 1.807) is 72.9 Å². The second-order valence-corrected chi connectivity index (χ2v) is 8.39. The van der Waals surface area contributed by atoms with E-state index >= 15 is 0 Å². The first-order chi connectivity index (χ1) is 18.0. The summed E-state index contributed by atoms with van der Waals surface area (Å²) in [6.45, 7) is 0. The molecule has 0 aromatic heterocycles. The summed E-state index contributed by atoms with van der Waals surface area (Å²) in [5, 5.41) is 31.1. The lowest BCUT2D eigenvalue weighted by Gasteiger charge is -2.22. The summed E-state index contributed by atoms with van der Waals surface area (Å²) >= 11 is 0. The molecule has 0 spiro atoms. The Bertz CT molecular complexity index is 1390. The summed E-state index contributed by atoms with van der Waals surface area (Å²) in [7, 11) is 0. The summed E-state index contributed by atoms with van der Waals surface area (Å²) in [4.78, 5) is 13.5. The zero-order chi connectivity index (χ0) is 26.0. The molecule has 3 N–H and O–H groups in total. The number of phenolic OH excluding ortho intramolecular Hbond substituents is 2. The smallest absolute Gasteiger partial charge is 0.180 e. The number of para-hydroxylation sites is 3. The number of nitrogens with zero attached hydrogens (tertiary/aromatic N) is 2. The van der Waals surface area contributed by atoms with E-state index in [2.05, 4.69) is 17.1 Å². The van der Waals surface area contributed by atoms with Crippen molar-refractivity contribution in [2.24, 2.45) is 9.98 Å². The van der Waals surface area contributed by atoms with E-state index in [4.69, 9.17) is 9.98 Å². The van der Waals surface area contributed by atoms with Gasteiger partial charge in [0, 0.05) is 52.6 Å². The number of hydrogen-bond acceptors (Lipinski definition) is 6. The van der Waals surface area contributed by atoms with Crippen molar-refractivity contribution in [2.75, 3.05) is 0 Å². The molecule has 7 heteroatoms. The van der Waals surface area contributed by atoms with Crippen LogP contribution in [0.15, 0.2) is 94.9 Å². The third-order valence-electron chi connectivity index (χ3n) is 5.91. The predicted molar refractivity (Wildman–Crippen MR) is 140 cm³/mol. The molecule has 0 aliphatic carbocycles. The lowest BCUT2D eigenvalue weighted by Crippen LogP contribution is -2.28. The molecule has 0 aliphatic rings. The Labute approximate surface area is 214 Å². The summed E-state index contributed by atoms with van der Waals surface area (Å²) in [5.74, 6) is 0.255. The minimum atomic E-state index is -0.559. The van der Waals surface area contributed by atoms with Crippen LogP contribution in [-0.2, 0) is 12.8 Å². The Balaban J connectivity index is 1.76. The van der Waals surface area contributed by atoms with Crippen molar-refractivity contribution < 1.29 is 24.8 Å². The molecule has 0 amide bonds. The summed E-state index contributed by atoms with van der Waals surface area (Å²) in [6.07, 6.45) is 3.64. The standard InChI is InChI=1S/C30H25FN2O4/c31-37-30-16-8-4-12-24(30)20-33-26(18-22-10-2-6-14-28(22)35)25(17-21-9-1-5-13-27(21)34)32-19-23-11-3-7-15-29(23)36/h1,3-5,7-16,19-20,25-26,34-36H,17-18H2/b32-19+,33-20+. The lowest BCUT2D eigenvalue weighted by molar-refractivity contribution is -0.00635. The largest absolute Gasteiger partial charge is 0.508 e. The van der Waals surface area contributed by atoms with E-state index in [0.717, 1.165) is 0 Å². The third kappa shape index (κ3) is 6.65. The Morgan fingerprint density at radius 1 is 0.676 bits per heavy atom. The van der Waals surface area contributed by atoms with Crippen LogP contribution in [0.5, 0.6) is 23.0 Å². The van der Waals surface area contributed by atoms with Crippen LogP contribution in [0.1, 0.15) is 22.3 Å². The molecule has 37 heavy (non-hydrogen) atoms. The highest BCUT2D eigenvalue weighted by Crippen LogP contribution is 2.26. The van der Waals surface area contributed by atoms with E-state index in [-0.39, 0.29) is 29.4 Å². The molecule has 4 rings (SSSR count). The van der Waals surface area contributed by atoms with Gasteiger partial charge in [-0.25, -0.2) is 0 Å². The summed E-state index contributed by atoms with van der Waals surface area (Å²) in [6, 6.07) is 27.8. The number of halogens is 1. The highest BCUT2D eigenvalue weighted by atomic mass is 19.3. The van der Waals surface area contributed by atoms with Crippen LogP contribution in [0, 0.1) is 12.1 Å². The van der Waals surface area contributed by atoms with Crippen molar-refractivity contribution in [3.63, 3.8) is 0 Å². The fourth-order valence-electron chi connectivity index (χ4n) is 3.89. The van der Waals surface area contributed by atoms with Gasteiger partial charge in [0.15, 0.2) is 5.75 Å². The number of aliphatic imine (C=N–C) groups is 2. The maximum atomic E-state index is 13.1. The molecule has 2 atom stereocenters. The fraction of sp³-hybridized carbons (Fsp3) is 0.133. The van der Waals surface area contributed by atoms with Gasteiger partial charge < -0.3 is 15.3 Å². The van der Waals surface area contributed by atoms with Crippen LogP contribution in [0.25, 0.3) is 0 Å². The molecule has 0 fully saturated rings.